The molecule has 0 atom stereocenters. The van der Waals surface area contributed by atoms with E-state index in [0.29, 0.717) is 12.2 Å². The molecule has 1 aliphatic carbocycles. The van der Waals surface area contributed by atoms with Crippen LogP contribution in [0.5, 0.6) is 0 Å². The number of nitrogens with one attached hydrogen (secondary N) is 1. The molecule has 0 radical (unpaired) electrons. The molecule has 1 N–H and O–H groups in total. The zero-order chi connectivity index (χ0) is 20.7. The van der Waals surface area contributed by atoms with Gasteiger partial charge in [-0.2, -0.15) is 10.4 Å². The van der Waals surface area contributed by atoms with Crippen molar-refractivity contribution >= 4 is 5.91 Å². The van der Waals surface area contributed by atoms with E-state index in [1.54, 1.807) is 10.7 Å². The van der Waals surface area contributed by atoms with E-state index in [9.17, 15) is 4.79 Å². The SMILES string of the molecule is Cn1cc(-c2ccc(-c3cc(C(=O)N4CCC[C@]45C[C@H](NC#N)C5)on3)cc2)cn1. The largest absolute Gasteiger partial charge is 0.350 e. The van der Waals surface area contributed by atoms with Crippen LogP contribution >= 0.6 is 0 Å². The molecule has 1 saturated heterocycles. The summed E-state index contributed by atoms with van der Waals surface area (Å²) in [4.78, 5) is 15.0. The fraction of sp³-hybridized carbons (Fsp3) is 0.364. The molecule has 3 aromatic rings. The predicted octanol–water partition coefficient (Wildman–Crippen LogP) is 2.95. The fourth-order valence-corrected chi connectivity index (χ4v) is 4.78. The van der Waals surface area contributed by atoms with E-state index < -0.39 is 0 Å². The molecular weight excluding hydrogens is 380 g/mol. The highest BCUT2D eigenvalue weighted by atomic mass is 16.5. The Morgan fingerprint density at radius 3 is 2.73 bits per heavy atom. The Morgan fingerprint density at radius 2 is 2.03 bits per heavy atom. The molecule has 152 valence electrons. The lowest BCUT2D eigenvalue weighted by molar-refractivity contribution is 0.0219. The predicted molar refractivity (Wildman–Crippen MR) is 109 cm³/mol. The zero-order valence-electron chi connectivity index (χ0n) is 16.7. The lowest BCUT2D eigenvalue weighted by Crippen LogP contribution is -2.60. The number of nitrogens with zero attached hydrogens (tertiary/aromatic N) is 5. The van der Waals surface area contributed by atoms with E-state index >= 15 is 0 Å². The summed E-state index contributed by atoms with van der Waals surface area (Å²) in [5.74, 6) is 0.146. The molecule has 5 rings (SSSR count). The molecule has 1 spiro atoms. The molecule has 2 fully saturated rings. The normalized spacial score (nSPS) is 22.7. The molecule has 30 heavy (non-hydrogen) atoms. The van der Waals surface area contributed by atoms with Gasteiger partial charge in [-0.25, -0.2) is 0 Å². The van der Waals surface area contributed by atoms with Crippen LogP contribution in [0.3, 0.4) is 0 Å². The van der Waals surface area contributed by atoms with Gasteiger partial charge in [-0.05, 0) is 31.2 Å². The molecule has 3 heterocycles. The second kappa shape index (κ2) is 7.02. The number of nitriles is 1. The summed E-state index contributed by atoms with van der Waals surface area (Å²) < 4.78 is 7.19. The van der Waals surface area contributed by atoms with E-state index in [2.05, 4.69) is 15.6 Å². The second-order valence-electron chi connectivity index (χ2n) is 8.20. The summed E-state index contributed by atoms with van der Waals surface area (Å²) in [5.41, 5.74) is 3.50. The Bertz CT molecular complexity index is 1120. The first-order valence-electron chi connectivity index (χ1n) is 10.1. The van der Waals surface area contributed by atoms with Gasteiger partial charge in [0.05, 0.1) is 6.20 Å². The van der Waals surface area contributed by atoms with E-state index in [1.165, 1.54) is 0 Å². The smallest absolute Gasteiger partial charge is 0.292 e. The van der Waals surface area contributed by atoms with E-state index in [0.717, 1.165) is 42.4 Å². The van der Waals surface area contributed by atoms with Crippen LogP contribution in [0.2, 0.25) is 0 Å². The Hall–Kier alpha value is -3.60. The molecule has 2 aliphatic rings. The minimum atomic E-state index is -0.149. The Morgan fingerprint density at radius 1 is 1.27 bits per heavy atom. The van der Waals surface area contributed by atoms with Crippen molar-refractivity contribution in [2.45, 2.75) is 37.3 Å². The van der Waals surface area contributed by atoms with Crippen LogP contribution in [0.1, 0.15) is 36.2 Å². The third kappa shape index (κ3) is 3.03. The number of aryl methyl sites for hydroxylation is 1. The summed E-state index contributed by atoms with van der Waals surface area (Å²) in [6.07, 6.45) is 9.35. The van der Waals surface area contributed by atoms with Gasteiger partial charge in [0.1, 0.15) is 5.69 Å². The molecule has 1 amide bonds. The maximum atomic E-state index is 13.1. The number of carbonyl (C=O) groups excluding carboxylic acids is 1. The van der Waals surface area contributed by atoms with Gasteiger partial charge >= 0.3 is 0 Å². The number of rotatable bonds is 4. The van der Waals surface area contributed by atoms with Crippen LogP contribution in [-0.2, 0) is 7.05 Å². The molecule has 2 aromatic heterocycles. The minimum Gasteiger partial charge on any atom is -0.350 e. The van der Waals surface area contributed by atoms with Gasteiger partial charge in [-0.1, -0.05) is 29.4 Å². The van der Waals surface area contributed by atoms with Crippen molar-refractivity contribution in [3.05, 3.63) is 48.5 Å². The number of hydrogen-bond acceptors (Lipinski definition) is 6. The number of benzene rings is 1. The van der Waals surface area contributed by atoms with Crippen LogP contribution in [0.4, 0.5) is 0 Å². The number of likely N-dealkylation sites (tertiary alicyclic amines) is 1. The molecule has 1 saturated carbocycles. The summed E-state index contributed by atoms with van der Waals surface area (Å²) >= 11 is 0. The summed E-state index contributed by atoms with van der Waals surface area (Å²) in [6, 6.07) is 9.83. The van der Waals surface area contributed by atoms with Crippen LogP contribution in [0.15, 0.2) is 47.2 Å². The third-order valence-electron chi connectivity index (χ3n) is 6.30. The number of aromatic nitrogens is 3. The second-order valence-corrected chi connectivity index (χ2v) is 8.20. The van der Waals surface area contributed by atoms with Crippen molar-refractivity contribution in [1.82, 2.24) is 25.2 Å². The summed E-state index contributed by atoms with van der Waals surface area (Å²) in [7, 11) is 1.89. The Kier molecular flexibility index (Phi) is 4.31. The van der Waals surface area contributed by atoms with Gasteiger partial charge in [0.25, 0.3) is 5.91 Å². The number of hydrogen-bond donors (Lipinski definition) is 1. The topological polar surface area (TPSA) is 100.0 Å². The van der Waals surface area contributed by atoms with Gasteiger partial charge in [-0.15, -0.1) is 0 Å². The standard InChI is InChI=1S/C22H22N6O2/c1-27-13-17(12-25-27)15-3-5-16(6-4-15)19-9-20(30-26-19)21(29)28-8-2-7-22(28)10-18(11-22)24-14-23/h3-6,9,12-13,18,24H,2,7-8,10-11H2,1H3/t18-,22+. The monoisotopic (exact) mass is 402 g/mol. The van der Waals surface area contributed by atoms with Gasteiger partial charge < -0.3 is 14.7 Å². The highest BCUT2D eigenvalue weighted by molar-refractivity contribution is 5.93. The summed E-state index contributed by atoms with van der Waals surface area (Å²) in [6.45, 7) is 0.716. The van der Waals surface area contributed by atoms with E-state index in [-0.39, 0.29) is 23.2 Å². The average molecular weight is 402 g/mol. The maximum Gasteiger partial charge on any atom is 0.292 e. The van der Waals surface area contributed by atoms with Crippen LogP contribution in [0, 0.1) is 11.5 Å². The first-order chi connectivity index (χ1) is 14.6. The van der Waals surface area contributed by atoms with Gasteiger partial charge in [0, 0.05) is 48.6 Å². The molecule has 0 bridgehead atoms. The van der Waals surface area contributed by atoms with Crippen molar-refractivity contribution in [2.75, 3.05) is 6.54 Å². The van der Waals surface area contributed by atoms with E-state index in [1.807, 2.05) is 54.8 Å². The average Bonchev–Trinajstić information content (AvgIpc) is 3.47. The van der Waals surface area contributed by atoms with Crippen molar-refractivity contribution in [1.29, 1.82) is 5.26 Å². The molecule has 0 unspecified atom stereocenters. The Balaban J connectivity index is 1.32. The first-order valence-corrected chi connectivity index (χ1v) is 10.1. The number of carbonyl (C=O) groups is 1. The van der Waals surface area contributed by atoms with Gasteiger partial charge in [0.15, 0.2) is 6.19 Å². The minimum absolute atomic E-state index is 0.117. The third-order valence-corrected chi connectivity index (χ3v) is 6.30. The quantitative estimate of drug-likeness (QED) is 0.532. The van der Waals surface area contributed by atoms with Crippen LogP contribution in [-0.4, -0.2) is 43.9 Å². The van der Waals surface area contributed by atoms with E-state index in [4.69, 9.17) is 9.78 Å². The van der Waals surface area contributed by atoms with Gasteiger partial charge in [0.2, 0.25) is 5.76 Å². The fourth-order valence-electron chi connectivity index (χ4n) is 4.78. The summed E-state index contributed by atoms with van der Waals surface area (Å²) in [5, 5.41) is 19.9. The molecule has 1 aliphatic heterocycles. The van der Waals surface area contributed by atoms with Crippen molar-refractivity contribution in [2.24, 2.45) is 7.05 Å². The van der Waals surface area contributed by atoms with Crippen LogP contribution < -0.4 is 5.32 Å². The van der Waals surface area contributed by atoms with Crippen molar-refractivity contribution in [3.63, 3.8) is 0 Å². The van der Waals surface area contributed by atoms with Crippen molar-refractivity contribution in [3.8, 4) is 28.6 Å². The highest BCUT2D eigenvalue weighted by Gasteiger charge is 2.53. The van der Waals surface area contributed by atoms with Crippen molar-refractivity contribution < 1.29 is 9.32 Å². The van der Waals surface area contributed by atoms with Gasteiger partial charge in [-0.3, -0.25) is 9.48 Å². The zero-order valence-corrected chi connectivity index (χ0v) is 16.7. The number of amides is 1. The lowest BCUT2D eigenvalue weighted by Gasteiger charge is -2.49. The molecule has 8 heteroatoms. The highest BCUT2D eigenvalue weighted by Crippen LogP contribution is 2.46. The maximum absolute atomic E-state index is 13.1. The first kappa shape index (κ1) is 18.4. The lowest BCUT2D eigenvalue weighted by atomic mass is 9.71. The molecule has 1 aromatic carbocycles. The Labute approximate surface area is 174 Å². The molecule has 8 nitrogen and oxygen atoms in total. The van der Waals surface area contributed by atoms with Crippen LogP contribution in [0.25, 0.3) is 22.4 Å². The molecular formula is C22H22N6O2.